The zero-order chi connectivity index (χ0) is 19.6. The lowest BCUT2D eigenvalue weighted by atomic mass is 9.97. The molecule has 8 heteroatoms. The number of likely N-dealkylation sites (tertiary alicyclic amines) is 1. The van der Waals surface area contributed by atoms with E-state index in [1.165, 1.54) is 11.0 Å². The van der Waals surface area contributed by atoms with E-state index in [0.717, 1.165) is 25.9 Å². The number of carbonyl (C=O) groups is 2. The molecule has 3 rings (SSSR count). The minimum Gasteiger partial charge on any atom is -0.481 e. The highest BCUT2D eigenvalue weighted by Gasteiger charge is 2.30. The van der Waals surface area contributed by atoms with Crippen LogP contribution >= 0.6 is 0 Å². The molecule has 0 bridgehead atoms. The second kappa shape index (κ2) is 7.94. The van der Waals surface area contributed by atoms with E-state index in [9.17, 15) is 24.8 Å². The van der Waals surface area contributed by atoms with Gasteiger partial charge in [-0.3, -0.25) is 19.7 Å². The first kappa shape index (κ1) is 19.1. The number of aliphatic carboxylic acids is 1. The molecule has 0 saturated carbocycles. The summed E-state index contributed by atoms with van der Waals surface area (Å²) < 4.78 is 0. The minimum absolute atomic E-state index is 0.0678. The average molecular weight is 375 g/mol. The molecule has 0 aliphatic carbocycles. The molecular weight excluding hydrogens is 350 g/mol. The molecule has 2 aliphatic heterocycles. The lowest BCUT2D eigenvalue weighted by Gasteiger charge is -2.33. The monoisotopic (exact) mass is 375 g/mol. The topological polar surface area (TPSA) is 104 Å². The fraction of sp³-hybridized carbons (Fsp3) is 0.579. The first-order valence-electron chi connectivity index (χ1n) is 9.42. The molecule has 2 atom stereocenters. The Labute approximate surface area is 157 Å². The lowest BCUT2D eigenvalue weighted by molar-refractivity contribution is -0.384. The quantitative estimate of drug-likeness (QED) is 0.641. The van der Waals surface area contributed by atoms with Crippen molar-refractivity contribution in [1.82, 2.24) is 4.90 Å². The van der Waals surface area contributed by atoms with Crippen LogP contribution < -0.4 is 4.90 Å². The number of hydrogen-bond acceptors (Lipinski definition) is 5. The van der Waals surface area contributed by atoms with Crippen molar-refractivity contribution in [2.24, 2.45) is 11.8 Å². The smallest absolute Gasteiger partial charge is 0.308 e. The summed E-state index contributed by atoms with van der Waals surface area (Å²) in [5.41, 5.74) is 0.716. The fourth-order valence-corrected chi connectivity index (χ4v) is 4.02. The number of nitro groups is 1. The predicted octanol–water partition coefficient (Wildman–Crippen LogP) is 2.77. The standard InChI is InChI=1S/C19H25N3O5/c1-13-4-2-8-20(11-13)16-7-6-14(10-17(16)22(26)27)18(23)21-9-3-5-15(12-21)19(24)25/h6-7,10,13,15H,2-5,8-9,11-12H2,1H3,(H,24,25)/t13-,15-/m0/s1. The van der Waals surface area contributed by atoms with E-state index in [0.29, 0.717) is 31.0 Å². The molecule has 27 heavy (non-hydrogen) atoms. The van der Waals surface area contributed by atoms with Gasteiger partial charge in [0.2, 0.25) is 0 Å². The number of rotatable bonds is 4. The van der Waals surface area contributed by atoms with Gasteiger partial charge in [-0.15, -0.1) is 0 Å². The molecule has 2 heterocycles. The van der Waals surface area contributed by atoms with Gasteiger partial charge in [0.1, 0.15) is 5.69 Å². The second-order valence-corrected chi connectivity index (χ2v) is 7.58. The van der Waals surface area contributed by atoms with Gasteiger partial charge in [0, 0.05) is 37.8 Å². The molecule has 2 aliphatic rings. The van der Waals surface area contributed by atoms with Gasteiger partial charge in [0.05, 0.1) is 10.8 Å². The van der Waals surface area contributed by atoms with Gasteiger partial charge in [-0.1, -0.05) is 6.92 Å². The number of anilines is 1. The van der Waals surface area contributed by atoms with Gasteiger partial charge in [-0.2, -0.15) is 0 Å². The molecule has 1 aromatic carbocycles. The zero-order valence-corrected chi connectivity index (χ0v) is 15.5. The Morgan fingerprint density at radius 1 is 1.19 bits per heavy atom. The number of carboxylic acids is 1. The van der Waals surface area contributed by atoms with Crippen LogP contribution in [0.3, 0.4) is 0 Å². The van der Waals surface area contributed by atoms with Crippen LogP contribution in [0.5, 0.6) is 0 Å². The molecule has 1 N–H and O–H groups in total. The van der Waals surface area contributed by atoms with Crippen LogP contribution in [0.2, 0.25) is 0 Å². The Kier molecular flexibility index (Phi) is 5.62. The van der Waals surface area contributed by atoms with Gasteiger partial charge < -0.3 is 14.9 Å². The van der Waals surface area contributed by atoms with Gasteiger partial charge in [-0.25, -0.2) is 0 Å². The molecule has 0 radical (unpaired) electrons. The Morgan fingerprint density at radius 3 is 2.59 bits per heavy atom. The normalized spacial score (nSPS) is 23.1. The van der Waals surface area contributed by atoms with Crippen LogP contribution in [0.15, 0.2) is 18.2 Å². The summed E-state index contributed by atoms with van der Waals surface area (Å²) in [5.74, 6) is -1.36. The Bertz CT molecular complexity index is 751. The lowest BCUT2D eigenvalue weighted by Crippen LogP contribution is -2.42. The van der Waals surface area contributed by atoms with E-state index >= 15 is 0 Å². The summed E-state index contributed by atoms with van der Waals surface area (Å²) in [6.07, 6.45) is 3.27. The van der Waals surface area contributed by atoms with Crippen LogP contribution in [0.25, 0.3) is 0 Å². The van der Waals surface area contributed by atoms with Crippen LogP contribution in [0.4, 0.5) is 11.4 Å². The molecule has 2 fully saturated rings. The maximum absolute atomic E-state index is 12.8. The van der Waals surface area contributed by atoms with Crippen molar-refractivity contribution in [3.05, 3.63) is 33.9 Å². The highest BCUT2D eigenvalue weighted by Crippen LogP contribution is 2.33. The van der Waals surface area contributed by atoms with Crippen LogP contribution in [0, 0.1) is 22.0 Å². The summed E-state index contributed by atoms with van der Waals surface area (Å²) in [6, 6.07) is 4.61. The number of benzene rings is 1. The fourth-order valence-electron chi connectivity index (χ4n) is 4.02. The SMILES string of the molecule is C[C@H]1CCCN(c2ccc(C(=O)N3CCC[C@H](C(=O)O)C3)cc2[N+](=O)[O-])C1. The van der Waals surface area contributed by atoms with E-state index in [-0.39, 0.29) is 23.7 Å². The maximum Gasteiger partial charge on any atom is 0.308 e. The number of carbonyl (C=O) groups excluding carboxylic acids is 1. The first-order valence-corrected chi connectivity index (χ1v) is 9.42. The molecule has 1 amide bonds. The molecule has 2 saturated heterocycles. The molecule has 8 nitrogen and oxygen atoms in total. The van der Waals surface area contributed by atoms with Gasteiger partial charge >= 0.3 is 5.97 Å². The van der Waals surface area contributed by atoms with E-state index in [4.69, 9.17) is 0 Å². The Morgan fingerprint density at radius 2 is 1.93 bits per heavy atom. The number of hydrogen-bond donors (Lipinski definition) is 1. The minimum atomic E-state index is -0.909. The second-order valence-electron chi connectivity index (χ2n) is 7.58. The van der Waals surface area contributed by atoms with Crippen molar-refractivity contribution in [2.75, 3.05) is 31.1 Å². The number of amides is 1. The van der Waals surface area contributed by atoms with Crippen molar-refractivity contribution in [3.8, 4) is 0 Å². The van der Waals surface area contributed by atoms with Gasteiger partial charge in [0.25, 0.3) is 11.6 Å². The predicted molar refractivity (Wildman–Crippen MR) is 100.0 cm³/mol. The van der Waals surface area contributed by atoms with Crippen molar-refractivity contribution in [2.45, 2.75) is 32.6 Å². The molecule has 0 spiro atoms. The van der Waals surface area contributed by atoms with Crippen molar-refractivity contribution >= 4 is 23.3 Å². The third kappa shape index (κ3) is 4.20. The third-order valence-corrected chi connectivity index (χ3v) is 5.47. The summed E-state index contributed by atoms with van der Waals surface area (Å²) in [4.78, 5) is 38.7. The van der Waals surface area contributed by atoms with Crippen LogP contribution in [-0.2, 0) is 4.79 Å². The summed E-state index contributed by atoms with van der Waals surface area (Å²) in [5, 5.41) is 20.8. The van der Waals surface area contributed by atoms with Crippen molar-refractivity contribution in [3.63, 3.8) is 0 Å². The number of carboxylic acid groups (broad SMARTS) is 1. The Balaban J connectivity index is 1.84. The summed E-state index contributed by atoms with van der Waals surface area (Å²) in [6.45, 7) is 4.28. The van der Waals surface area contributed by atoms with E-state index in [2.05, 4.69) is 6.92 Å². The summed E-state index contributed by atoms with van der Waals surface area (Å²) in [7, 11) is 0. The van der Waals surface area contributed by atoms with Crippen molar-refractivity contribution in [1.29, 1.82) is 0 Å². The first-order chi connectivity index (χ1) is 12.9. The number of nitro benzene ring substituents is 1. The number of piperidine rings is 2. The molecule has 0 unspecified atom stereocenters. The maximum atomic E-state index is 12.8. The molecular formula is C19H25N3O5. The average Bonchev–Trinajstić information content (AvgIpc) is 2.67. The van der Waals surface area contributed by atoms with Gasteiger partial charge in [-0.05, 0) is 43.7 Å². The molecule has 0 aromatic heterocycles. The van der Waals surface area contributed by atoms with Crippen LogP contribution in [0.1, 0.15) is 43.0 Å². The highest BCUT2D eigenvalue weighted by molar-refractivity contribution is 5.96. The van der Waals surface area contributed by atoms with Gasteiger partial charge in [0.15, 0.2) is 0 Å². The summed E-state index contributed by atoms with van der Waals surface area (Å²) >= 11 is 0. The zero-order valence-electron chi connectivity index (χ0n) is 15.5. The van der Waals surface area contributed by atoms with E-state index in [1.54, 1.807) is 12.1 Å². The van der Waals surface area contributed by atoms with E-state index in [1.807, 2.05) is 4.90 Å². The molecule has 146 valence electrons. The Hall–Kier alpha value is -2.64. The van der Waals surface area contributed by atoms with Crippen molar-refractivity contribution < 1.29 is 19.6 Å². The highest BCUT2D eigenvalue weighted by atomic mass is 16.6. The van der Waals surface area contributed by atoms with E-state index < -0.39 is 16.8 Å². The molecule has 1 aromatic rings. The third-order valence-electron chi connectivity index (χ3n) is 5.47. The van der Waals surface area contributed by atoms with Crippen LogP contribution in [-0.4, -0.2) is 53.0 Å². The largest absolute Gasteiger partial charge is 0.481 e. The number of nitrogens with zero attached hydrogens (tertiary/aromatic N) is 3.